The van der Waals surface area contributed by atoms with Crippen molar-refractivity contribution in [1.29, 1.82) is 0 Å². The molecule has 0 aliphatic carbocycles. The van der Waals surface area contributed by atoms with Crippen molar-refractivity contribution < 1.29 is 8.42 Å². The molecule has 0 saturated carbocycles. The third-order valence-electron chi connectivity index (χ3n) is 3.59. The molecule has 3 rings (SSSR count). The van der Waals surface area contributed by atoms with E-state index in [1.54, 1.807) is 24.3 Å². The van der Waals surface area contributed by atoms with Gasteiger partial charge < -0.3 is 10.2 Å². The van der Waals surface area contributed by atoms with Crippen LogP contribution in [0.4, 0.5) is 11.4 Å². The molecule has 0 spiro atoms. The first-order valence-corrected chi connectivity index (χ1v) is 8.29. The summed E-state index contributed by atoms with van der Waals surface area (Å²) in [5.74, 6) is 0. The largest absolute Gasteiger partial charge is 0.340 e. The lowest BCUT2D eigenvalue weighted by Gasteiger charge is -2.24. The molecule has 21 heavy (non-hydrogen) atoms. The summed E-state index contributed by atoms with van der Waals surface area (Å²) >= 11 is 0. The van der Waals surface area contributed by atoms with Gasteiger partial charge in [-0.05, 0) is 35.9 Å². The van der Waals surface area contributed by atoms with Gasteiger partial charge in [-0.15, -0.1) is 0 Å². The number of nitrogens with two attached hydrogens (primary N) is 1. The Labute approximate surface area is 124 Å². The van der Waals surface area contributed by atoms with E-state index in [0.29, 0.717) is 0 Å². The van der Waals surface area contributed by atoms with Gasteiger partial charge in [0, 0.05) is 31.0 Å². The van der Waals surface area contributed by atoms with Crippen molar-refractivity contribution in [3.05, 3.63) is 54.1 Å². The van der Waals surface area contributed by atoms with Gasteiger partial charge in [0.15, 0.2) is 0 Å². The molecule has 0 unspecified atom stereocenters. The Balaban J connectivity index is 2.00. The Morgan fingerprint density at radius 2 is 1.76 bits per heavy atom. The quantitative estimate of drug-likeness (QED) is 0.883. The molecule has 5 nitrogen and oxygen atoms in total. The van der Waals surface area contributed by atoms with E-state index >= 15 is 0 Å². The van der Waals surface area contributed by atoms with E-state index in [1.165, 1.54) is 5.56 Å². The molecule has 1 heterocycles. The number of benzene rings is 2. The molecule has 0 atom stereocenters. The van der Waals surface area contributed by atoms with Crippen LogP contribution < -0.4 is 15.4 Å². The van der Waals surface area contributed by atoms with Crippen molar-refractivity contribution in [3.8, 4) is 0 Å². The molecule has 1 aliphatic heterocycles. The van der Waals surface area contributed by atoms with Crippen LogP contribution in [0.25, 0.3) is 0 Å². The van der Waals surface area contributed by atoms with Crippen LogP contribution in [0.15, 0.2) is 53.4 Å². The van der Waals surface area contributed by atoms with E-state index < -0.39 is 10.0 Å². The topological polar surface area (TPSA) is 75.4 Å². The molecule has 2 aromatic rings. The first kappa shape index (κ1) is 14.1. The third-order valence-corrected chi connectivity index (χ3v) is 4.52. The van der Waals surface area contributed by atoms with Crippen molar-refractivity contribution in [1.82, 2.24) is 5.32 Å². The average molecular weight is 303 g/mol. The highest BCUT2D eigenvalue weighted by Crippen LogP contribution is 2.30. The summed E-state index contributed by atoms with van der Waals surface area (Å²) in [4.78, 5) is 2.31. The van der Waals surface area contributed by atoms with Gasteiger partial charge in [-0.25, -0.2) is 13.6 Å². The van der Waals surface area contributed by atoms with Gasteiger partial charge in [-0.1, -0.05) is 18.2 Å². The number of hydrogen-bond donors (Lipinski definition) is 2. The number of nitrogens with one attached hydrogen (secondary N) is 1. The predicted molar refractivity (Wildman–Crippen MR) is 83.0 cm³/mol. The molecular formula is C15H17N3O2S. The Hall–Kier alpha value is -1.89. The summed E-state index contributed by atoms with van der Waals surface area (Å²) in [5, 5.41) is 8.52. The summed E-state index contributed by atoms with van der Waals surface area (Å²) in [6.45, 7) is 2.53. The first-order chi connectivity index (χ1) is 10.1. The average Bonchev–Trinajstić information content (AvgIpc) is 2.69. The lowest BCUT2D eigenvalue weighted by Crippen LogP contribution is -2.24. The Morgan fingerprint density at radius 1 is 1.05 bits per heavy atom. The number of sulfonamides is 1. The molecule has 1 aliphatic rings. The molecule has 0 bridgehead atoms. The smallest absolute Gasteiger partial charge is 0.238 e. The van der Waals surface area contributed by atoms with Crippen LogP contribution in [-0.2, 0) is 16.6 Å². The van der Waals surface area contributed by atoms with Crippen LogP contribution in [0.2, 0.25) is 0 Å². The molecule has 2 aromatic carbocycles. The summed E-state index contributed by atoms with van der Waals surface area (Å²) in [6.07, 6.45) is 0. The van der Waals surface area contributed by atoms with Crippen molar-refractivity contribution in [2.24, 2.45) is 5.14 Å². The highest BCUT2D eigenvalue weighted by atomic mass is 32.2. The number of fused-ring (bicyclic) bond motifs is 1. The second-order valence-corrected chi connectivity index (χ2v) is 6.56. The van der Waals surface area contributed by atoms with Crippen LogP contribution in [0, 0.1) is 0 Å². The second-order valence-electron chi connectivity index (χ2n) is 5.00. The van der Waals surface area contributed by atoms with Gasteiger partial charge in [0.2, 0.25) is 10.0 Å². The summed E-state index contributed by atoms with van der Waals surface area (Å²) in [6, 6.07) is 14.9. The fraction of sp³-hybridized carbons (Fsp3) is 0.200. The Bertz CT molecular complexity index is 742. The lowest BCUT2D eigenvalue weighted by atomic mass is 10.1. The SMILES string of the molecule is NS(=O)(=O)c1ccc(N2CCNCc3ccccc32)cc1. The maximum Gasteiger partial charge on any atom is 0.238 e. The lowest BCUT2D eigenvalue weighted by molar-refractivity contribution is 0.598. The zero-order chi connectivity index (χ0) is 14.9. The van der Waals surface area contributed by atoms with Crippen molar-refractivity contribution in [2.45, 2.75) is 11.4 Å². The van der Waals surface area contributed by atoms with E-state index in [4.69, 9.17) is 5.14 Å². The zero-order valence-electron chi connectivity index (χ0n) is 11.5. The number of anilines is 2. The minimum Gasteiger partial charge on any atom is -0.340 e. The normalized spacial score (nSPS) is 15.4. The summed E-state index contributed by atoms with van der Waals surface area (Å²) < 4.78 is 22.7. The molecule has 0 aromatic heterocycles. The highest BCUT2D eigenvalue weighted by Gasteiger charge is 2.16. The molecule has 0 radical (unpaired) electrons. The van der Waals surface area contributed by atoms with E-state index in [-0.39, 0.29) is 4.90 Å². The predicted octanol–water partition coefficient (Wildman–Crippen LogP) is 1.58. The Kier molecular flexibility index (Phi) is 3.67. The van der Waals surface area contributed by atoms with E-state index in [1.807, 2.05) is 12.1 Å². The summed E-state index contributed by atoms with van der Waals surface area (Å²) in [7, 11) is -3.65. The van der Waals surface area contributed by atoms with E-state index in [9.17, 15) is 8.42 Å². The van der Waals surface area contributed by atoms with Crippen molar-refractivity contribution in [2.75, 3.05) is 18.0 Å². The first-order valence-electron chi connectivity index (χ1n) is 6.75. The maximum absolute atomic E-state index is 11.3. The molecule has 3 N–H and O–H groups in total. The fourth-order valence-corrected chi connectivity index (χ4v) is 3.06. The van der Waals surface area contributed by atoms with Crippen LogP contribution >= 0.6 is 0 Å². The fourth-order valence-electron chi connectivity index (χ4n) is 2.54. The minimum atomic E-state index is -3.65. The van der Waals surface area contributed by atoms with Gasteiger partial charge in [0.1, 0.15) is 0 Å². The van der Waals surface area contributed by atoms with Crippen LogP contribution in [0.1, 0.15) is 5.56 Å². The van der Waals surface area contributed by atoms with Gasteiger partial charge in [0.25, 0.3) is 0 Å². The zero-order valence-corrected chi connectivity index (χ0v) is 12.3. The second kappa shape index (κ2) is 5.48. The van der Waals surface area contributed by atoms with Crippen molar-refractivity contribution in [3.63, 3.8) is 0 Å². The van der Waals surface area contributed by atoms with Gasteiger partial charge >= 0.3 is 0 Å². The molecule has 0 amide bonds. The van der Waals surface area contributed by atoms with Crippen LogP contribution in [-0.4, -0.2) is 21.5 Å². The number of rotatable bonds is 2. The molecule has 110 valence electrons. The molecule has 0 fully saturated rings. The highest BCUT2D eigenvalue weighted by molar-refractivity contribution is 7.89. The van der Waals surface area contributed by atoms with Crippen LogP contribution in [0.5, 0.6) is 0 Å². The molecule has 0 saturated heterocycles. The van der Waals surface area contributed by atoms with Crippen molar-refractivity contribution >= 4 is 21.4 Å². The van der Waals surface area contributed by atoms with E-state index in [0.717, 1.165) is 31.0 Å². The molecular weight excluding hydrogens is 286 g/mol. The third kappa shape index (κ3) is 2.92. The molecule has 6 heteroatoms. The van der Waals surface area contributed by atoms with Gasteiger partial charge in [0.05, 0.1) is 4.90 Å². The summed E-state index contributed by atoms with van der Waals surface area (Å²) in [5.41, 5.74) is 3.33. The Morgan fingerprint density at radius 3 is 2.48 bits per heavy atom. The maximum atomic E-state index is 11.3. The number of hydrogen-bond acceptors (Lipinski definition) is 4. The van der Waals surface area contributed by atoms with Crippen LogP contribution in [0.3, 0.4) is 0 Å². The number of primary sulfonamides is 1. The van der Waals surface area contributed by atoms with E-state index in [2.05, 4.69) is 22.3 Å². The standard InChI is InChI=1S/C15H17N3O2S/c16-21(19,20)14-7-5-13(6-8-14)18-10-9-17-11-12-3-1-2-4-15(12)18/h1-8,17H,9-11H2,(H2,16,19,20). The monoisotopic (exact) mass is 303 g/mol. The number of para-hydroxylation sites is 1. The van der Waals surface area contributed by atoms with Gasteiger partial charge in [-0.3, -0.25) is 0 Å². The minimum absolute atomic E-state index is 0.132. The number of nitrogens with zero attached hydrogens (tertiary/aromatic N) is 1. The van der Waals surface area contributed by atoms with Gasteiger partial charge in [-0.2, -0.15) is 0 Å².